The number of benzene rings is 1. The fraction of sp³-hybridized carbons (Fsp3) is 0.353. The van der Waals surface area contributed by atoms with Crippen molar-refractivity contribution in [3.8, 4) is 0 Å². The smallest absolute Gasteiger partial charge is 0.354 e. The number of hydrogen-bond donors (Lipinski definition) is 2. The maximum atomic E-state index is 13.1. The number of carbonyl (C=O) groups excluding carboxylic acids is 1. The molecule has 9 heteroatoms. The van der Waals surface area contributed by atoms with E-state index in [-0.39, 0.29) is 24.1 Å². The van der Waals surface area contributed by atoms with E-state index in [0.717, 1.165) is 0 Å². The number of hydrogen-bond acceptors (Lipinski definition) is 4. The maximum absolute atomic E-state index is 13.1. The van der Waals surface area contributed by atoms with Crippen molar-refractivity contribution < 1.29 is 22.7 Å². The molecule has 6 nitrogen and oxygen atoms in total. The molecule has 1 amide bonds. The van der Waals surface area contributed by atoms with Crippen LogP contribution in [0.1, 0.15) is 23.2 Å². The van der Waals surface area contributed by atoms with Crippen molar-refractivity contribution in [2.24, 2.45) is 0 Å². The summed E-state index contributed by atoms with van der Waals surface area (Å²) in [5.74, 6) is -0.307. The van der Waals surface area contributed by atoms with Gasteiger partial charge in [-0.05, 0) is 12.5 Å². The molecule has 1 aromatic heterocycles. The Hall–Kier alpha value is -2.68. The number of nitrogens with zero attached hydrogens (tertiary/aromatic N) is 1. The van der Waals surface area contributed by atoms with Crippen LogP contribution in [-0.4, -0.2) is 35.2 Å². The first-order chi connectivity index (χ1) is 12.3. The topological polar surface area (TPSA) is 84.1 Å². The number of aromatic amines is 1. The van der Waals surface area contributed by atoms with Gasteiger partial charge in [-0.25, -0.2) is 4.98 Å². The van der Waals surface area contributed by atoms with Crippen LogP contribution >= 0.6 is 0 Å². The number of alkyl halides is 3. The van der Waals surface area contributed by atoms with Gasteiger partial charge in [-0.3, -0.25) is 9.59 Å². The fourth-order valence-electron chi connectivity index (χ4n) is 2.30. The van der Waals surface area contributed by atoms with Crippen molar-refractivity contribution in [2.45, 2.75) is 25.6 Å². The minimum atomic E-state index is -4.63. The van der Waals surface area contributed by atoms with E-state index in [1.54, 1.807) is 13.0 Å². The van der Waals surface area contributed by atoms with Crippen molar-refractivity contribution in [2.75, 3.05) is 13.2 Å². The second-order valence-corrected chi connectivity index (χ2v) is 5.58. The zero-order valence-electron chi connectivity index (χ0n) is 14.0. The standard InChI is InChI=1S/C17H18F3N3O3/c1-11-9-14(24)23-13(22-11)7-8-21-15(25)10-26-16(17(18,19)20)12-5-3-2-4-6-12/h2-6,9,16H,7-8,10H2,1H3,(H,21,25)(H,22,23,24)/t16-/m0/s1. The summed E-state index contributed by atoms with van der Waals surface area (Å²) in [4.78, 5) is 29.6. The van der Waals surface area contributed by atoms with Crippen molar-refractivity contribution in [3.63, 3.8) is 0 Å². The van der Waals surface area contributed by atoms with Crippen molar-refractivity contribution in [1.29, 1.82) is 0 Å². The van der Waals surface area contributed by atoms with E-state index < -0.39 is 24.8 Å². The van der Waals surface area contributed by atoms with Crippen LogP contribution in [0.3, 0.4) is 0 Å². The summed E-state index contributed by atoms with van der Waals surface area (Å²) in [7, 11) is 0. The number of nitrogens with one attached hydrogen (secondary N) is 2. The third kappa shape index (κ3) is 5.99. The van der Waals surface area contributed by atoms with Crippen LogP contribution in [-0.2, 0) is 16.0 Å². The highest BCUT2D eigenvalue weighted by Crippen LogP contribution is 2.35. The van der Waals surface area contributed by atoms with Crippen LogP contribution in [0.2, 0.25) is 0 Å². The van der Waals surface area contributed by atoms with Gasteiger partial charge in [-0.15, -0.1) is 0 Å². The zero-order valence-corrected chi connectivity index (χ0v) is 14.0. The number of halogens is 3. The number of rotatable bonds is 7. The van der Waals surface area contributed by atoms with Gasteiger partial charge < -0.3 is 15.0 Å². The van der Waals surface area contributed by atoms with Crippen LogP contribution in [0, 0.1) is 6.92 Å². The van der Waals surface area contributed by atoms with Gasteiger partial charge in [0.1, 0.15) is 12.4 Å². The highest BCUT2D eigenvalue weighted by atomic mass is 19.4. The maximum Gasteiger partial charge on any atom is 0.418 e. The van der Waals surface area contributed by atoms with Gasteiger partial charge >= 0.3 is 6.18 Å². The summed E-state index contributed by atoms with van der Waals surface area (Å²) in [5, 5.41) is 2.44. The van der Waals surface area contributed by atoms with E-state index in [9.17, 15) is 22.8 Å². The van der Waals surface area contributed by atoms with E-state index in [1.165, 1.54) is 30.3 Å². The Morgan fingerprint density at radius 1 is 1.31 bits per heavy atom. The summed E-state index contributed by atoms with van der Waals surface area (Å²) < 4.78 is 44.1. The second kappa shape index (κ2) is 8.61. The molecule has 26 heavy (non-hydrogen) atoms. The summed E-state index contributed by atoms with van der Waals surface area (Å²) >= 11 is 0. The summed E-state index contributed by atoms with van der Waals surface area (Å²) in [5.41, 5.74) is 0.154. The average molecular weight is 369 g/mol. The van der Waals surface area contributed by atoms with E-state index in [4.69, 9.17) is 4.74 Å². The van der Waals surface area contributed by atoms with E-state index in [1.807, 2.05) is 0 Å². The zero-order chi connectivity index (χ0) is 19.2. The first-order valence-electron chi connectivity index (χ1n) is 7.82. The predicted octanol–water partition coefficient (Wildman–Crippen LogP) is 2.06. The van der Waals surface area contributed by atoms with Gasteiger partial charge in [0.05, 0.1) is 0 Å². The molecule has 2 N–H and O–H groups in total. The predicted molar refractivity (Wildman–Crippen MR) is 87.5 cm³/mol. The monoisotopic (exact) mass is 369 g/mol. The second-order valence-electron chi connectivity index (χ2n) is 5.58. The molecule has 1 atom stereocenters. The van der Waals surface area contributed by atoms with E-state index in [2.05, 4.69) is 15.3 Å². The molecule has 2 rings (SSSR count). The quantitative estimate of drug-likeness (QED) is 0.783. The fourth-order valence-corrected chi connectivity index (χ4v) is 2.30. The van der Waals surface area contributed by atoms with E-state index >= 15 is 0 Å². The molecular formula is C17H18F3N3O3. The molecule has 0 spiro atoms. The lowest BCUT2D eigenvalue weighted by Gasteiger charge is -2.21. The first kappa shape index (κ1) is 19.6. The largest absolute Gasteiger partial charge is 0.418 e. The molecule has 0 saturated carbocycles. The molecule has 0 aliphatic carbocycles. The highest BCUT2D eigenvalue weighted by molar-refractivity contribution is 5.77. The van der Waals surface area contributed by atoms with Gasteiger partial charge in [0, 0.05) is 24.7 Å². The average Bonchev–Trinajstić information content (AvgIpc) is 2.54. The minimum Gasteiger partial charge on any atom is -0.354 e. The molecule has 2 aromatic rings. The lowest BCUT2D eigenvalue weighted by atomic mass is 10.1. The molecule has 0 radical (unpaired) electrons. The Morgan fingerprint density at radius 3 is 2.62 bits per heavy atom. The van der Waals surface area contributed by atoms with E-state index in [0.29, 0.717) is 11.5 Å². The Morgan fingerprint density at radius 2 is 2.00 bits per heavy atom. The molecule has 1 aromatic carbocycles. The number of aromatic nitrogens is 2. The first-order valence-corrected chi connectivity index (χ1v) is 7.82. The van der Waals surface area contributed by atoms with Gasteiger partial charge in [0.25, 0.3) is 5.56 Å². The molecule has 0 aliphatic rings. The minimum absolute atomic E-state index is 0.0747. The highest BCUT2D eigenvalue weighted by Gasteiger charge is 2.42. The molecular weight excluding hydrogens is 351 g/mol. The van der Waals surface area contributed by atoms with Gasteiger partial charge in [0.2, 0.25) is 5.91 Å². The molecule has 1 heterocycles. The number of H-pyrrole nitrogens is 1. The summed E-state index contributed by atoms with van der Waals surface area (Å²) in [6, 6.07) is 8.43. The lowest BCUT2D eigenvalue weighted by Crippen LogP contribution is -2.33. The number of ether oxygens (including phenoxy) is 1. The van der Waals surface area contributed by atoms with Gasteiger partial charge in [0.15, 0.2) is 6.10 Å². The lowest BCUT2D eigenvalue weighted by molar-refractivity contribution is -0.223. The molecule has 0 fully saturated rings. The third-order valence-electron chi connectivity index (χ3n) is 3.38. The van der Waals surface area contributed by atoms with Crippen LogP contribution in [0.15, 0.2) is 41.2 Å². The Bertz CT molecular complexity index is 791. The molecule has 0 bridgehead atoms. The Labute approximate surface area is 147 Å². The normalized spacial score (nSPS) is 12.6. The molecule has 140 valence electrons. The van der Waals surface area contributed by atoms with Crippen LogP contribution in [0.4, 0.5) is 13.2 Å². The van der Waals surface area contributed by atoms with Crippen molar-refractivity contribution in [3.05, 3.63) is 63.8 Å². The molecule has 0 aliphatic heterocycles. The Kier molecular flexibility index (Phi) is 6.51. The molecule has 0 saturated heterocycles. The van der Waals surface area contributed by atoms with Crippen LogP contribution in [0.25, 0.3) is 0 Å². The van der Waals surface area contributed by atoms with Crippen molar-refractivity contribution >= 4 is 5.91 Å². The van der Waals surface area contributed by atoms with Crippen molar-refractivity contribution in [1.82, 2.24) is 15.3 Å². The number of amides is 1. The number of carbonyl (C=O) groups is 1. The summed E-state index contributed by atoms with van der Waals surface area (Å²) in [6.45, 7) is 1.03. The summed E-state index contributed by atoms with van der Waals surface area (Å²) in [6.07, 6.45) is -6.57. The van der Waals surface area contributed by atoms with Crippen LogP contribution < -0.4 is 10.9 Å². The Balaban J connectivity index is 1.85. The number of aryl methyl sites for hydroxylation is 1. The SMILES string of the molecule is Cc1cc(=O)[nH]c(CCNC(=O)CO[C@@H](c2ccccc2)C(F)(F)F)n1. The van der Waals surface area contributed by atoms with Gasteiger partial charge in [-0.1, -0.05) is 30.3 Å². The van der Waals surface area contributed by atoms with Crippen LogP contribution in [0.5, 0.6) is 0 Å². The third-order valence-corrected chi connectivity index (χ3v) is 3.38. The molecule has 0 unspecified atom stereocenters. The van der Waals surface area contributed by atoms with Gasteiger partial charge in [-0.2, -0.15) is 13.2 Å².